The molecule has 1 fully saturated rings. The maximum atomic E-state index is 12.5. The van der Waals surface area contributed by atoms with Crippen LogP contribution < -0.4 is 10.1 Å². The van der Waals surface area contributed by atoms with Gasteiger partial charge in [0.15, 0.2) is 0 Å². The zero-order chi connectivity index (χ0) is 17.5. The Balaban J connectivity index is 1.57. The smallest absolute Gasteiger partial charge is 0.251 e. The molecule has 2 aromatic rings. The van der Waals surface area contributed by atoms with Crippen molar-refractivity contribution in [1.29, 1.82) is 0 Å². The average Bonchev–Trinajstić information content (AvgIpc) is 2.63. The Bertz CT molecular complexity index is 684. The minimum atomic E-state index is -0.0651. The van der Waals surface area contributed by atoms with Gasteiger partial charge in [0.2, 0.25) is 0 Å². The van der Waals surface area contributed by atoms with Gasteiger partial charge in [-0.05, 0) is 63.2 Å². The first kappa shape index (κ1) is 17.4. The number of hydrogen-bond acceptors (Lipinski definition) is 4. The molecule has 25 heavy (non-hydrogen) atoms. The highest BCUT2D eigenvalue weighted by atomic mass is 16.5. The molecule has 1 atom stereocenters. The third-order valence-electron chi connectivity index (χ3n) is 4.34. The Morgan fingerprint density at radius 1 is 1.16 bits per heavy atom. The molecule has 1 aliphatic rings. The SMILES string of the molecule is CC(CN1CCCCC1)NC(=O)c1cccc(Oc2ccncc2)c1. The molecule has 0 bridgehead atoms. The summed E-state index contributed by atoms with van der Waals surface area (Å²) in [5.41, 5.74) is 0.608. The van der Waals surface area contributed by atoms with Crippen molar-refractivity contribution in [3.63, 3.8) is 0 Å². The predicted molar refractivity (Wildman–Crippen MR) is 98.0 cm³/mol. The lowest BCUT2D eigenvalue weighted by atomic mass is 10.1. The molecule has 1 aromatic carbocycles. The highest BCUT2D eigenvalue weighted by molar-refractivity contribution is 5.94. The number of piperidine rings is 1. The second-order valence-electron chi connectivity index (χ2n) is 6.55. The van der Waals surface area contributed by atoms with Crippen LogP contribution >= 0.6 is 0 Å². The van der Waals surface area contributed by atoms with Crippen molar-refractivity contribution in [1.82, 2.24) is 15.2 Å². The van der Waals surface area contributed by atoms with Gasteiger partial charge in [-0.3, -0.25) is 9.78 Å². The van der Waals surface area contributed by atoms with Crippen molar-refractivity contribution in [2.75, 3.05) is 19.6 Å². The Morgan fingerprint density at radius 2 is 1.92 bits per heavy atom. The number of carbonyl (C=O) groups is 1. The van der Waals surface area contributed by atoms with E-state index in [1.165, 1.54) is 19.3 Å². The van der Waals surface area contributed by atoms with Crippen molar-refractivity contribution < 1.29 is 9.53 Å². The molecule has 0 saturated carbocycles. The van der Waals surface area contributed by atoms with E-state index in [0.717, 1.165) is 19.6 Å². The van der Waals surface area contributed by atoms with E-state index in [1.807, 2.05) is 18.2 Å². The molecule has 1 aliphatic heterocycles. The summed E-state index contributed by atoms with van der Waals surface area (Å²) in [5.74, 6) is 1.28. The Kier molecular flexibility index (Phi) is 6.01. The summed E-state index contributed by atoms with van der Waals surface area (Å²) in [4.78, 5) is 18.9. The molecule has 1 aromatic heterocycles. The number of rotatable bonds is 6. The minimum absolute atomic E-state index is 0.0651. The van der Waals surface area contributed by atoms with Gasteiger partial charge in [-0.1, -0.05) is 12.5 Å². The third-order valence-corrected chi connectivity index (χ3v) is 4.34. The van der Waals surface area contributed by atoms with E-state index >= 15 is 0 Å². The molecule has 1 saturated heterocycles. The standard InChI is InChI=1S/C20H25N3O2/c1-16(15-23-12-3-2-4-13-23)22-20(24)17-6-5-7-19(14-17)25-18-8-10-21-11-9-18/h5-11,14,16H,2-4,12-13,15H2,1H3,(H,22,24). The fraction of sp³-hybridized carbons (Fsp3) is 0.400. The first-order chi connectivity index (χ1) is 12.2. The zero-order valence-electron chi connectivity index (χ0n) is 14.6. The molecule has 0 radical (unpaired) electrons. The number of likely N-dealkylation sites (tertiary alicyclic amines) is 1. The lowest BCUT2D eigenvalue weighted by Gasteiger charge is -2.29. The van der Waals surface area contributed by atoms with Crippen LogP contribution in [-0.4, -0.2) is 41.5 Å². The van der Waals surface area contributed by atoms with E-state index in [9.17, 15) is 4.79 Å². The maximum absolute atomic E-state index is 12.5. The van der Waals surface area contributed by atoms with Crippen LogP contribution in [0.2, 0.25) is 0 Å². The monoisotopic (exact) mass is 339 g/mol. The summed E-state index contributed by atoms with van der Waals surface area (Å²) >= 11 is 0. The van der Waals surface area contributed by atoms with Crippen LogP contribution in [0, 0.1) is 0 Å². The summed E-state index contributed by atoms with van der Waals surface area (Å²) < 4.78 is 5.77. The molecule has 1 amide bonds. The van der Waals surface area contributed by atoms with Gasteiger partial charge in [0.25, 0.3) is 5.91 Å². The molecule has 0 aliphatic carbocycles. The number of nitrogens with one attached hydrogen (secondary N) is 1. The van der Waals surface area contributed by atoms with E-state index in [0.29, 0.717) is 17.1 Å². The highest BCUT2D eigenvalue weighted by Gasteiger charge is 2.16. The Morgan fingerprint density at radius 3 is 2.68 bits per heavy atom. The second-order valence-corrected chi connectivity index (χ2v) is 6.55. The number of aromatic nitrogens is 1. The highest BCUT2D eigenvalue weighted by Crippen LogP contribution is 2.21. The van der Waals surface area contributed by atoms with Crippen LogP contribution in [0.1, 0.15) is 36.5 Å². The predicted octanol–water partition coefficient (Wildman–Crippen LogP) is 3.48. The number of benzene rings is 1. The number of ether oxygens (including phenoxy) is 1. The van der Waals surface area contributed by atoms with Crippen LogP contribution in [0.5, 0.6) is 11.5 Å². The number of amides is 1. The molecule has 2 heterocycles. The van der Waals surface area contributed by atoms with Crippen LogP contribution in [0.25, 0.3) is 0 Å². The van der Waals surface area contributed by atoms with Gasteiger partial charge in [-0.2, -0.15) is 0 Å². The van der Waals surface area contributed by atoms with Crippen LogP contribution in [0.4, 0.5) is 0 Å². The molecule has 1 unspecified atom stereocenters. The van der Waals surface area contributed by atoms with E-state index in [-0.39, 0.29) is 11.9 Å². The molecule has 132 valence electrons. The van der Waals surface area contributed by atoms with E-state index in [1.54, 1.807) is 30.6 Å². The third kappa shape index (κ3) is 5.29. The quantitative estimate of drug-likeness (QED) is 0.875. The first-order valence-corrected chi connectivity index (χ1v) is 8.92. The van der Waals surface area contributed by atoms with Gasteiger partial charge in [-0.15, -0.1) is 0 Å². The van der Waals surface area contributed by atoms with Gasteiger partial charge >= 0.3 is 0 Å². The number of hydrogen-bond donors (Lipinski definition) is 1. The summed E-state index contributed by atoms with van der Waals surface area (Å²) in [5, 5.41) is 3.09. The number of nitrogens with zero attached hydrogens (tertiary/aromatic N) is 2. The molecule has 1 N–H and O–H groups in total. The zero-order valence-corrected chi connectivity index (χ0v) is 14.6. The summed E-state index contributed by atoms with van der Waals surface area (Å²) in [7, 11) is 0. The first-order valence-electron chi connectivity index (χ1n) is 8.92. The summed E-state index contributed by atoms with van der Waals surface area (Å²) in [6.45, 7) is 5.23. The fourth-order valence-corrected chi connectivity index (χ4v) is 3.13. The summed E-state index contributed by atoms with van der Waals surface area (Å²) in [6, 6.07) is 10.9. The van der Waals surface area contributed by atoms with Crippen LogP contribution in [0.15, 0.2) is 48.8 Å². The Hall–Kier alpha value is -2.40. The van der Waals surface area contributed by atoms with E-state index < -0.39 is 0 Å². The largest absolute Gasteiger partial charge is 0.457 e. The van der Waals surface area contributed by atoms with Gasteiger partial charge in [0.05, 0.1) is 0 Å². The van der Waals surface area contributed by atoms with Crippen molar-refractivity contribution in [3.8, 4) is 11.5 Å². The van der Waals surface area contributed by atoms with Crippen molar-refractivity contribution in [2.45, 2.75) is 32.2 Å². The topological polar surface area (TPSA) is 54.5 Å². The fourth-order valence-electron chi connectivity index (χ4n) is 3.13. The molecular formula is C20H25N3O2. The van der Waals surface area contributed by atoms with Gasteiger partial charge in [0, 0.05) is 30.5 Å². The average molecular weight is 339 g/mol. The lowest BCUT2D eigenvalue weighted by Crippen LogP contribution is -2.43. The van der Waals surface area contributed by atoms with Crippen LogP contribution in [0.3, 0.4) is 0 Å². The minimum Gasteiger partial charge on any atom is -0.457 e. The second kappa shape index (κ2) is 8.62. The number of pyridine rings is 1. The van der Waals surface area contributed by atoms with Gasteiger partial charge in [0.1, 0.15) is 11.5 Å². The lowest BCUT2D eigenvalue weighted by molar-refractivity contribution is 0.0925. The van der Waals surface area contributed by atoms with Gasteiger partial charge in [-0.25, -0.2) is 0 Å². The molecule has 5 heteroatoms. The van der Waals surface area contributed by atoms with Crippen molar-refractivity contribution >= 4 is 5.91 Å². The van der Waals surface area contributed by atoms with E-state index in [2.05, 4.69) is 22.1 Å². The Labute approximate surface area is 149 Å². The molecule has 5 nitrogen and oxygen atoms in total. The normalized spacial score (nSPS) is 16.2. The van der Waals surface area contributed by atoms with Crippen molar-refractivity contribution in [3.05, 3.63) is 54.4 Å². The molecular weight excluding hydrogens is 314 g/mol. The molecule has 3 rings (SSSR count). The van der Waals surface area contributed by atoms with Gasteiger partial charge < -0.3 is 15.0 Å². The van der Waals surface area contributed by atoms with Crippen LogP contribution in [-0.2, 0) is 0 Å². The number of carbonyl (C=O) groups excluding carboxylic acids is 1. The van der Waals surface area contributed by atoms with Crippen molar-refractivity contribution in [2.24, 2.45) is 0 Å². The maximum Gasteiger partial charge on any atom is 0.251 e. The summed E-state index contributed by atoms with van der Waals surface area (Å²) in [6.07, 6.45) is 7.19. The van der Waals surface area contributed by atoms with E-state index in [4.69, 9.17) is 4.74 Å². The molecule has 0 spiro atoms.